The Morgan fingerprint density at radius 1 is 1.61 bits per heavy atom. The molecule has 2 heterocycles. The molecular weight excluding hydrogens is 246 g/mol. The van der Waals surface area contributed by atoms with Gasteiger partial charge >= 0.3 is 0 Å². The molecule has 2 aliphatic rings. The van der Waals surface area contributed by atoms with Gasteiger partial charge in [0.2, 0.25) is 0 Å². The maximum Gasteiger partial charge on any atom is 0.0897 e. The number of nitrogens with zero attached hydrogens (tertiary/aromatic N) is 1. The fourth-order valence-corrected chi connectivity index (χ4v) is 4.18. The number of thiazole rings is 1. The quantitative estimate of drug-likeness (QED) is 0.651. The third-order valence-electron chi connectivity index (χ3n) is 4.39. The zero-order valence-electron chi connectivity index (χ0n) is 10.8. The minimum atomic E-state index is 0.178. The molecular formula is C13H21N3OS. The second-order valence-corrected chi connectivity index (χ2v) is 6.83. The van der Waals surface area contributed by atoms with Crippen molar-refractivity contribution in [2.45, 2.75) is 50.7 Å². The number of nitrogens with one attached hydrogen (secondary N) is 1. The fraction of sp³-hybridized carbons (Fsp3) is 0.769. The van der Waals surface area contributed by atoms with E-state index in [0.717, 1.165) is 24.5 Å². The predicted octanol–water partition coefficient (Wildman–Crippen LogP) is 2.31. The van der Waals surface area contributed by atoms with Crippen LogP contribution in [0.5, 0.6) is 0 Å². The lowest BCUT2D eigenvalue weighted by molar-refractivity contribution is -0.147. The summed E-state index contributed by atoms with van der Waals surface area (Å²) in [6.07, 6.45) is 7.96. The highest BCUT2D eigenvalue weighted by atomic mass is 32.1. The average Bonchev–Trinajstić information content (AvgIpc) is 2.75. The molecule has 1 spiro atoms. The van der Waals surface area contributed by atoms with Gasteiger partial charge in [-0.05, 0) is 44.9 Å². The van der Waals surface area contributed by atoms with Crippen molar-refractivity contribution < 1.29 is 4.74 Å². The molecule has 0 bridgehead atoms. The molecule has 5 heteroatoms. The Morgan fingerprint density at radius 2 is 2.44 bits per heavy atom. The summed E-state index contributed by atoms with van der Waals surface area (Å²) < 4.78 is 5.99. The van der Waals surface area contributed by atoms with Crippen LogP contribution >= 0.6 is 11.3 Å². The molecule has 0 aromatic carbocycles. The standard InChI is InChI=1S/C13H21N3OS/c1-9-15-8-11(18-9)12(16-14)10-3-6-17-13(7-10)4-2-5-13/h8,10,12,16H,2-7,14H2,1H3. The summed E-state index contributed by atoms with van der Waals surface area (Å²) >= 11 is 1.75. The van der Waals surface area contributed by atoms with Crippen LogP contribution in [0.15, 0.2) is 6.20 Å². The molecule has 2 fully saturated rings. The minimum absolute atomic E-state index is 0.178. The molecule has 3 rings (SSSR count). The van der Waals surface area contributed by atoms with E-state index in [9.17, 15) is 0 Å². The monoisotopic (exact) mass is 267 g/mol. The first kappa shape index (κ1) is 12.5. The van der Waals surface area contributed by atoms with Gasteiger partial charge in [0.1, 0.15) is 0 Å². The molecule has 1 aromatic heterocycles. The van der Waals surface area contributed by atoms with Gasteiger partial charge in [-0.3, -0.25) is 11.3 Å². The fourth-order valence-electron chi connectivity index (χ4n) is 3.24. The average molecular weight is 267 g/mol. The van der Waals surface area contributed by atoms with Gasteiger partial charge in [-0.2, -0.15) is 0 Å². The van der Waals surface area contributed by atoms with Crippen molar-refractivity contribution >= 4 is 11.3 Å². The summed E-state index contributed by atoms with van der Waals surface area (Å²) in [4.78, 5) is 5.60. The number of hydrogen-bond donors (Lipinski definition) is 2. The van der Waals surface area contributed by atoms with Gasteiger partial charge in [0.15, 0.2) is 0 Å². The van der Waals surface area contributed by atoms with Gasteiger partial charge in [-0.15, -0.1) is 11.3 Å². The lowest BCUT2D eigenvalue weighted by Crippen LogP contribution is -2.48. The van der Waals surface area contributed by atoms with Gasteiger partial charge in [-0.1, -0.05) is 0 Å². The number of ether oxygens (including phenoxy) is 1. The molecule has 3 N–H and O–H groups in total. The van der Waals surface area contributed by atoms with Crippen molar-refractivity contribution in [1.29, 1.82) is 0 Å². The molecule has 2 atom stereocenters. The topological polar surface area (TPSA) is 60.2 Å². The van der Waals surface area contributed by atoms with E-state index in [1.54, 1.807) is 11.3 Å². The largest absolute Gasteiger partial charge is 0.375 e. The SMILES string of the molecule is Cc1ncc(C(NN)C2CCOC3(CCC3)C2)s1. The third kappa shape index (κ3) is 2.20. The van der Waals surface area contributed by atoms with Gasteiger partial charge in [0.25, 0.3) is 0 Å². The van der Waals surface area contributed by atoms with Crippen LogP contribution in [-0.4, -0.2) is 17.2 Å². The number of aryl methyl sites for hydroxylation is 1. The van der Waals surface area contributed by atoms with Crippen molar-refractivity contribution in [3.63, 3.8) is 0 Å². The molecule has 1 saturated carbocycles. The highest BCUT2D eigenvalue weighted by molar-refractivity contribution is 7.11. The summed E-state index contributed by atoms with van der Waals surface area (Å²) in [5.41, 5.74) is 3.18. The number of hydrazine groups is 1. The summed E-state index contributed by atoms with van der Waals surface area (Å²) in [7, 11) is 0. The van der Waals surface area contributed by atoms with Crippen LogP contribution in [0, 0.1) is 12.8 Å². The lowest BCUT2D eigenvalue weighted by atomic mass is 9.70. The van der Waals surface area contributed by atoms with Crippen LogP contribution in [0.4, 0.5) is 0 Å². The molecule has 1 aromatic rings. The summed E-state index contributed by atoms with van der Waals surface area (Å²) in [6, 6.07) is 0.234. The van der Waals surface area contributed by atoms with Crippen molar-refractivity contribution in [2.75, 3.05) is 6.61 Å². The number of hydrogen-bond acceptors (Lipinski definition) is 5. The normalized spacial score (nSPS) is 28.0. The molecule has 4 nitrogen and oxygen atoms in total. The summed E-state index contributed by atoms with van der Waals surface area (Å²) in [6.45, 7) is 2.92. The number of rotatable bonds is 3. The van der Waals surface area contributed by atoms with Crippen molar-refractivity contribution in [2.24, 2.45) is 11.8 Å². The zero-order chi connectivity index (χ0) is 12.6. The summed E-state index contributed by atoms with van der Waals surface area (Å²) in [5.74, 6) is 6.35. The smallest absolute Gasteiger partial charge is 0.0897 e. The number of nitrogens with two attached hydrogens (primary N) is 1. The summed E-state index contributed by atoms with van der Waals surface area (Å²) in [5, 5.41) is 1.11. The molecule has 0 radical (unpaired) electrons. The van der Waals surface area contributed by atoms with Crippen LogP contribution < -0.4 is 11.3 Å². The molecule has 1 saturated heterocycles. The molecule has 1 aliphatic heterocycles. The van der Waals surface area contributed by atoms with E-state index in [-0.39, 0.29) is 11.6 Å². The van der Waals surface area contributed by atoms with Gasteiger partial charge in [0, 0.05) is 17.7 Å². The Balaban J connectivity index is 1.75. The van der Waals surface area contributed by atoms with Crippen molar-refractivity contribution in [1.82, 2.24) is 10.4 Å². The molecule has 1 aliphatic carbocycles. The van der Waals surface area contributed by atoms with E-state index >= 15 is 0 Å². The lowest BCUT2D eigenvalue weighted by Gasteiger charge is -2.48. The molecule has 0 amide bonds. The first-order valence-electron chi connectivity index (χ1n) is 6.75. The second kappa shape index (κ2) is 4.89. The number of aromatic nitrogens is 1. The van der Waals surface area contributed by atoms with Crippen molar-refractivity contribution in [3.05, 3.63) is 16.1 Å². The molecule has 100 valence electrons. The Bertz CT molecular complexity index is 416. The Morgan fingerprint density at radius 3 is 3.00 bits per heavy atom. The van der Waals surface area contributed by atoms with E-state index in [4.69, 9.17) is 10.6 Å². The van der Waals surface area contributed by atoms with E-state index in [1.165, 1.54) is 24.1 Å². The van der Waals surface area contributed by atoms with E-state index in [2.05, 4.69) is 10.4 Å². The van der Waals surface area contributed by atoms with Gasteiger partial charge in [-0.25, -0.2) is 4.98 Å². The Labute approximate surface area is 112 Å². The van der Waals surface area contributed by atoms with E-state index in [0.29, 0.717) is 5.92 Å². The van der Waals surface area contributed by atoms with E-state index in [1.807, 2.05) is 13.1 Å². The van der Waals surface area contributed by atoms with Crippen LogP contribution in [0.2, 0.25) is 0 Å². The first-order chi connectivity index (χ1) is 8.72. The minimum Gasteiger partial charge on any atom is -0.375 e. The van der Waals surface area contributed by atoms with E-state index < -0.39 is 0 Å². The van der Waals surface area contributed by atoms with Crippen LogP contribution in [0.3, 0.4) is 0 Å². The maximum atomic E-state index is 5.99. The van der Waals surface area contributed by atoms with Crippen LogP contribution in [0.1, 0.15) is 48.0 Å². The van der Waals surface area contributed by atoms with Crippen molar-refractivity contribution in [3.8, 4) is 0 Å². The Hall–Kier alpha value is -0.490. The maximum absolute atomic E-state index is 5.99. The van der Waals surface area contributed by atoms with Gasteiger partial charge in [0.05, 0.1) is 16.7 Å². The highest BCUT2D eigenvalue weighted by Gasteiger charge is 2.44. The zero-order valence-corrected chi connectivity index (χ0v) is 11.6. The Kier molecular flexibility index (Phi) is 3.40. The highest BCUT2D eigenvalue weighted by Crippen LogP contribution is 2.47. The third-order valence-corrected chi connectivity index (χ3v) is 5.39. The second-order valence-electron chi connectivity index (χ2n) is 5.56. The first-order valence-corrected chi connectivity index (χ1v) is 7.56. The van der Waals surface area contributed by atoms with Crippen LogP contribution in [0.25, 0.3) is 0 Å². The predicted molar refractivity (Wildman–Crippen MR) is 72.2 cm³/mol. The molecule has 2 unspecified atom stereocenters. The van der Waals surface area contributed by atoms with Gasteiger partial charge < -0.3 is 4.74 Å². The molecule has 18 heavy (non-hydrogen) atoms. The van der Waals surface area contributed by atoms with Crippen LogP contribution in [-0.2, 0) is 4.74 Å².